The van der Waals surface area contributed by atoms with Gasteiger partial charge in [-0.1, -0.05) is 49.1 Å². The zero-order valence-electron chi connectivity index (χ0n) is 17.8. The second kappa shape index (κ2) is 10.0. The molecular weight excluding hydrogens is 458 g/mol. The average molecular weight is 480 g/mol. The molecule has 7 nitrogen and oxygen atoms in total. The summed E-state index contributed by atoms with van der Waals surface area (Å²) in [6, 6.07) is 17.3. The molecule has 1 saturated heterocycles. The highest BCUT2D eigenvalue weighted by molar-refractivity contribution is 8.26. The number of aliphatic carboxylic acids is 1. The van der Waals surface area contributed by atoms with Gasteiger partial charge in [0.1, 0.15) is 16.6 Å². The molecule has 33 heavy (non-hydrogen) atoms. The molecule has 1 amide bonds. The summed E-state index contributed by atoms with van der Waals surface area (Å²) in [6.45, 7) is 2.23. The molecule has 0 aliphatic carbocycles. The minimum atomic E-state index is -1.12. The number of rotatable bonds is 8. The van der Waals surface area contributed by atoms with Crippen LogP contribution in [-0.2, 0) is 9.59 Å². The van der Waals surface area contributed by atoms with Crippen LogP contribution in [-0.4, -0.2) is 49.1 Å². The maximum Gasteiger partial charge on any atom is 0.323 e. The van der Waals surface area contributed by atoms with E-state index in [9.17, 15) is 9.59 Å². The molecule has 1 aromatic heterocycles. The molecule has 0 atom stereocenters. The predicted molar refractivity (Wildman–Crippen MR) is 132 cm³/mol. The first kappa shape index (κ1) is 22.8. The minimum absolute atomic E-state index is 0.225. The van der Waals surface area contributed by atoms with E-state index in [2.05, 4.69) is 6.92 Å². The number of carboxylic acids is 1. The van der Waals surface area contributed by atoms with Crippen molar-refractivity contribution in [2.24, 2.45) is 0 Å². The summed E-state index contributed by atoms with van der Waals surface area (Å²) in [5, 5.41) is 13.8. The van der Waals surface area contributed by atoms with Crippen molar-refractivity contribution in [3.8, 4) is 22.7 Å². The van der Waals surface area contributed by atoms with Gasteiger partial charge >= 0.3 is 5.97 Å². The molecule has 4 rings (SSSR count). The number of thioether (sulfide) groups is 1. The molecule has 1 aliphatic rings. The Kier molecular flexibility index (Phi) is 6.90. The third-order valence-electron chi connectivity index (χ3n) is 4.82. The van der Waals surface area contributed by atoms with Crippen LogP contribution in [0.25, 0.3) is 23.0 Å². The van der Waals surface area contributed by atoms with Crippen molar-refractivity contribution in [2.75, 3.05) is 13.2 Å². The van der Waals surface area contributed by atoms with Gasteiger partial charge in [0, 0.05) is 17.3 Å². The van der Waals surface area contributed by atoms with E-state index in [1.807, 2.05) is 60.8 Å². The van der Waals surface area contributed by atoms with Crippen LogP contribution in [0.1, 0.15) is 18.9 Å². The molecule has 2 aromatic carbocycles. The molecule has 0 spiro atoms. The number of amides is 1. The van der Waals surface area contributed by atoms with E-state index in [4.69, 9.17) is 27.2 Å². The van der Waals surface area contributed by atoms with Crippen molar-refractivity contribution >= 4 is 46.3 Å². The van der Waals surface area contributed by atoms with Crippen molar-refractivity contribution in [1.82, 2.24) is 14.7 Å². The number of para-hydroxylation sites is 1. The van der Waals surface area contributed by atoms with Gasteiger partial charge < -0.3 is 9.84 Å². The Labute approximate surface area is 200 Å². The van der Waals surface area contributed by atoms with Crippen LogP contribution in [0.15, 0.2) is 65.7 Å². The van der Waals surface area contributed by atoms with Crippen LogP contribution < -0.4 is 4.74 Å². The van der Waals surface area contributed by atoms with Crippen LogP contribution in [0.4, 0.5) is 0 Å². The second-order valence-corrected chi connectivity index (χ2v) is 8.92. The molecule has 0 radical (unpaired) electrons. The summed E-state index contributed by atoms with van der Waals surface area (Å²) in [6.07, 6.45) is 4.48. The molecule has 0 saturated carbocycles. The molecule has 1 N–H and O–H groups in total. The van der Waals surface area contributed by atoms with Crippen molar-refractivity contribution in [1.29, 1.82) is 0 Å². The van der Waals surface area contributed by atoms with Gasteiger partial charge in [-0.2, -0.15) is 5.10 Å². The van der Waals surface area contributed by atoms with E-state index in [0.29, 0.717) is 17.2 Å². The lowest BCUT2D eigenvalue weighted by atomic mass is 10.1. The number of hydrogen-bond donors (Lipinski definition) is 1. The first-order valence-electron chi connectivity index (χ1n) is 10.3. The number of aromatic nitrogens is 2. The number of carbonyl (C=O) groups is 2. The van der Waals surface area contributed by atoms with Gasteiger partial charge in [0.05, 0.1) is 22.9 Å². The Bertz CT molecular complexity index is 1220. The fraction of sp³-hybridized carbons (Fsp3) is 0.167. The maximum absolute atomic E-state index is 12.8. The zero-order valence-corrected chi connectivity index (χ0v) is 19.4. The summed E-state index contributed by atoms with van der Waals surface area (Å²) < 4.78 is 7.65. The predicted octanol–water partition coefficient (Wildman–Crippen LogP) is 4.61. The molecule has 9 heteroatoms. The molecule has 168 valence electrons. The van der Waals surface area contributed by atoms with Crippen molar-refractivity contribution in [2.45, 2.75) is 13.3 Å². The van der Waals surface area contributed by atoms with Gasteiger partial charge in [-0.25, -0.2) is 4.68 Å². The highest BCUT2D eigenvalue weighted by Gasteiger charge is 2.33. The minimum Gasteiger partial charge on any atom is -0.494 e. The summed E-state index contributed by atoms with van der Waals surface area (Å²) in [5.41, 5.74) is 3.14. The topological polar surface area (TPSA) is 84.7 Å². The molecule has 2 heterocycles. The maximum atomic E-state index is 12.8. The summed E-state index contributed by atoms with van der Waals surface area (Å²) in [4.78, 5) is 25.3. The van der Waals surface area contributed by atoms with Gasteiger partial charge in [-0.3, -0.25) is 14.5 Å². The van der Waals surface area contributed by atoms with Crippen LogP contribution in [0, 0.1) is 0 Å². The Morgan fingerprint density at radius 3 is 2.58 bits per heavy atom. The Morgan fingerprint density at radius 1 is 1.18 bits per heavy atom. The third-order valence-corrected chi connectivity index (χ3v) is 6.20. The van der Waals surface area contributed by atoms with E-state index < -0.39 is 18.4 Å². The number of carboxylic acid groups (broad SMARTS) is 1. The molecule has 1 fully saturated rings. The van der Waals surface area contributed by atoms with E-state index in [1.165, 1.54) is 0 Å². The first-order chi connectivity index (χ1) is 16.0. The monoisotopic (exact) mass is 479 g/mol. The van der Waals surface area contributed by atoms with Gasteiger partial charge in [0.25, 0.3) is 5.91 Å². The van der Waals surface area contributed by atoms with Crippen LogP contribution >= 0.6 is 24.0 Å². The molecule has 1 aliphatic heterocycles. The first-order valence-corrected chi connectivity index (χ1v) is 11.5. The number of ether oxygens (including phenoxy) is 1. The second-order valence-electron chi connectivity index (χ2n) is 7.25. The van der Waals surface area contributed by atoms with E-state index in [1.54, 1.807) is 10.8 Å². The van der Waals surface area contributed by atoms with Crippen LogP contribution in [0.2, 0.25) is 0 Å². The number of carbonyl (C=O) groups excluding carboxylic acids is 1. The summed E-state index contributed by atoms with van der Waals surface area (Å²) >= 11 is 6.30. The van der Waals surface area contributed by atoms with Crippen molar-refractivity contribution in [3.05, 3.63) is 71.3 Å². The van der Waals surface area contributed by atoms with Crippen molar-refractivity contribution < 1.29 is 19.4 Å². The number of hydrogen-bond acceptors (Lipinski definition) is 6. The fourth-order valence-electron chi connectivity index (χ4n) is 3.27. The summed E-state index contributed by atoms with van der Waals surface area (Å²) in [5.74, 6) is -0.760. The number of benzene rings is 2. The quantitative estimate of drug-likeness (QED) is 0.373. The van der Waals surface area contributed by atoms with Gasteiger partial charge in [0.2, 0.25) is 0 Å². The Morgan fingerprint density at radius 2 is 1.91 bits per heavy atom. The molecule has 0 bridgehead atoms. The number of nitrogens with zero attached hydrogens (tertiary/aromatic N) is 3. The van der Waals surface area contributed by atoms with Crippen LogP contribution in [0.5, 0.6) is 5.75 Å². The molecule has 3 aromatic rings. The highest BCUT2D eigenvalue weighted by atomic mass is 32.2. The van der Waals surface area contributed by atoms with E-state index in [0.717, 1.165) is 45.6 Å². The third kappa shape index (κ3) is 5.15. The Hall–Kier alpha value is -3.43. The van der Waals surface area contributed by atoms with Gasteiger partial charge in [-0.15, -0.1) is 0 Å². The van der Waals surface area contributed by atoms with E-state index >= 15 is 0 Å². The Balaban J connectivity index is 1.73. The van der Waals surface area contributed by atoms with E-state index in [-0.39, 0.29) is 4.32 Å². The lowest BCUT2D eigenvalue weighted by Gasteiger charge is -2.10. The standard InChI is InChI=1S/C24H21N3O4S2/c1-2-12-31-19-10-8-16(9-11-19)22-17(14-27(25-22)18-6-4-3-5-7-18)13-20-23(30)26(15-21(28)29)24(32)33-20/h3-11,13-14H,2,12,15H2,1H3,(H,28,29)/b20-13+. The highest BCUT2D eigenvalue weighted by Crippen LogP contribution is 2.35. The molecule has 0 unspecified atom stereocenters. The number of thiocarbonyl (C=S) groups is 1. The largest absolute Gasteiger partial charge is 0.494 e. The molecular formula is C24H21N3O4S2. The van der Waals surface area contributed by atoms with Crippen LogP contribution in [0.3, 0.4) is 0 Å². The lowest BCUT2D eigenvalue weighted by Crippen LogP contribution is -2.33. The SMILES string of the molecule is CCCOc1ccc(-c2nn(-c3ccccc3)cc2/C=C2/SC(=S)N(CC(=O)O)C2=O)cc1. The average Bonchev–Trinajstić information content (AvgIpc) is 3.35. The normalized spacial score (nSPS) is 14.8. The van der Waals surface area contributed by atoms with Gasteiger partial charge in [-0.05, 0) is 48.9 Å². The summed E-state index contributed by atoms with van der Waals surface area (Å²) in [7, 11) is 0. The smallest absolute Gasteiger partial charge is 0.323 e. The van der Waals surface area contributed by atoms with Crippen molar-refractivity contribution in [3.63, 3.8) is 0 Å². The lowest BCUT2D eigenvalue weighted by molar-refractivity contribution is -0.140. The zero-order chi connectivity index (χ0) is 23.4. The fourth-order valence-corrected chi connectivity index (χ4v) is 4.52. The van der Waals surface area contributed by atoms with Gasteiger partial charge in [0.15, 0.2) is 0 Å².